The fraction of sp³-hybridized carbons (Fsp3) is 0.571. The summed E-state index contributed by atoms with van der Waals surface area (Å²) >= 11 is 0. The zero-order valence-corrected chi connectivity index (χ0v) is 10.7. The highest BCUT2D eigenvalue weighted by atomic mass is 15.1. The molecule has 0 radical (unpaired) electrons. The molecule has 0 saturated heterocycles. The Balaban J connectivity index is 2.52. The number of rotatable bonds is 6. The standard InChI is InChI=1S/C14H24N2/c1-4-5-6-7-14(15)12-8-10-13(11-9-12)16(2)3/h8-11,14H,4-7,15H2,1-3H3. The topological polar surface area (TPSA) is 29.3 Å². The van der Waals surface area contributed by atoms with Crippen molar-refractivity contribution in [2.24, 2.45) is 5.73 Å². The average Bonchev–Trinajstić information content (AvgIpc) is 2.29. The summed E-state index contributed by atoms with van der Waals surface area (Å²) < 4.78 is 0. The van der Waals surface area contributed by atoms with Gasteiger partial charge in [-0.15, -0.1) is 0 Å². The maximum atomic E-state index is 6.15. The number of nitrogens with two attached hydrogens (primary N) is 1. The zero-order valence-electron chi connectivity index (χ0n) is 10.7. The molecule has 0 aromatic heterocycles. The van der Waals surface area contributed by atoms with Crippen molar-refractivity contribution in [1.82, 2.24) is 0 Å². The molecule has 1 unspecified atom stereocenters. The van der Waals surface area contributed by atoms with Crippen LogP contribution < -0.4 is 10.6 Å². The molecule has 0 saturated carbocycles. The predicted octanol–water partition coefficient (Wildman–Crippen LogP) is 3.33. The van der Waals surface area contributed by atoms with Crippen LogP contribution in [0.15, 0.2) is 24.3 Å². The molecule has 0 fully saturated rings. The minimum absolute atomic E-state index is 0.197. The van der Waals surface area contributed by atoms with Crippen molar-refractivity contribution in [2.75, 3.05) is 19.0 Å². The molecule has 1 rings (SSSR count). The Kier molecular flexibility index (Phi) is 5.33. The second kappa shape index (κ2) is 6.54. The van der Waals surface area contributed by atoms with E-state index in [-0.39, 0.29) is 6.04 Å². The number of hydrogen-bond acceptors (Lipinski definition) is 2. The van der Waals surface area contributed by atoms with Gasteiger partial charge < -0.3 is 10.6 Å². The molecule has 2 N–H and O–H groups in total. The number of unbranched alkanes of at least 4 members (excludes halogenated alkanes) is 2. The highest BCUT2D eigenvalue weighted by molar-refractivity contribution is 5.46. The van der Waals surface area contributed by atoms with Crippen LogP contribution in [0.1, 0.15) is 44.2 Å². The van der Waals surface area contributed by atoms with Crippen molar-refractivity contribution in [3.8, 4) is 0 Å². The van der Waals surface area contributed by atoms with Crippen LogP contribution in [0.25, 0.3) is 0 Å². The molecule has 1 atom stereocenters. The van der Waals surface area contributed by atoms with Gasteiger partial charge >= 0.3 is 0 Å². The summed E-state index contributed by atoms with van der Waals surface area (Å²) in [6.07, 6.45) is 4.86. The van der Waals surface area contributed by atoms with E-state index in [0.717, 1.165) is 6.42 Å². The lowest BCUT2D eigenvalue weighted by Crippen LogP contribution is -2.11. The highest BCUT2D eigenvalue weighted by Gasteiger charge is 2.05. The summed E-state index contributed by atoms with van der Waals surface area (Å²) in [7, 11) is 4.10. The van der Waals surface area contributed by atoms with E-state index in [0.29, 0.717) is 0 Å². The van der Waals surface area contributed by atoms with Crippen LogP contribution in [-0.2, 0) is 0 Å². The second-order valence-electron chi connectivity index (χ2n) is 4.59. The summed E-state index contributed by atoms with van der Waals surface area (Å²) in [5.74, 6) is 0. The van der Waals surface area contributed by atoms with Crippen molar-refractivity contribution in [2.45, 2.75) is 38.6 Å². The fourth-order valence-electron chi connectivity index (χ4n) is 1.80. The SMILES string of the molecule is CCCCCC(N)c1ccc(N(C)C)cc1. The van der Waals surface area contributed by atoms with Gasteiger partial charge in [0.25, 0.3) is 0 Å². The summed E-state index contributed by atoms with van der Waals surface area (Å²) in [4.78, 5) is 2.10. The first-order valence-corrected chi connectivity index (χ1v) is 6.18. The lowest BCUT2D eigenvalue weighted by atomic mass is 10.0. The van der Waals surface area contributed by atoms with Gasteiger partial charge in [0, 0.05) is 25.8 Å². The van der Waals surface area contributed by atoms with Gasteiger partial charge in [0.05, 0.1) is 0 Å². The Hall–Kier alpha value is -1.02. The minimum Gasteiger partial charge on any atom is -0.378 e. The Bertz CT molecular complexity index is 290. The monoisotopic (exact) mass is 220 g/mol. The lowest BCUT2D eigenvalue weighted by Gasteiger charge is -2.15. The largest absolute Gasteiger partial charge is 0.378 e. The molecule has 0 amide bonds. The maximum Gasteiger partial charge on any atom is 0.0361 e. The van der Waals surface area contributed by atoms with Crippen LogP contribution >= 0.6 is 0 Å². The van der Waals surface area contributed by atoms with Gasteiger partial charge in [-0.3, -0.25) is 0 Å². The van der Waals surface area contributed by atoms with Crippen LogP contribution in [0.2, 0.25) is 0 Å². The van der Waals surface area contributed by atoms with E-state index in [4.69, 9.17) is 5.73 Å². The maximum absolute atomic E-state index is 6.15. The predicted molar refractivity (Wildman–Crippen MR) is 71.8 cm³/mol. The molecular weight excluding hydrogens is 196 g/mol. The first-order chi connectivity index (χ1) is 7.65. The molecule has 0 bridgehead atoms. The molecule has 0 heterocycles. The molecule has 1 aromatic rings. The van der Waals surface area contributed by atoms with E-state index in [2.05, 4.69) is 50.2 Å². The van der Waals surface area contributed by atoms with Crippen LogP contribution in [0.5, 0.6) is 0 Å². The van der Waals surface area contributed by atoms with E-state index in [1.807, 2.05) is 0 Å². The van der Waals surface area contributed by atoms with E-state index in [1.165, 1.54) is 30.5 Å². The van der Waals surface area contributed by atoms with Gasteiger partial charge in [0.2, 0.25) is 0 Å². The van der Waals surface area contributed by atoms with Gasteiger partial charge in [-0.05, 0) is 24.1 Å². The smallest absolute Gasteiger partial charge is 0.0361 e. The Morgan fingerprint density at radius 1 is 1.12 bits per heavy atom. The second-order valence-corrected chi connectivity index (χ2v) is 4.59. The molecule has 90 valence electrons. The quantitative estimate of drug-likeness (QED) is 0.745. The third kappa shape index (κ3) is 3.86. The van der Waals surface area contributed by atoms with Crippen molar-refractivity contribution in [3.05, 3.63) is 29.8 Å². The molecule has 2 nitrogen and oxygen atoms in total. The average molecular weight is 220 g/mol. The molecule has 2 heteroatoms. The summed E-state index contributed by atoms with van der Waals surface area (Å²) in [6.45, 7) is 2.22. The zero-order chi connectivity index (χ0) is 12.0. The van der Waals surface area contributed by atoms with Crippen molar-refractivity contribution < 1.29 is 0 Å². The van der Waals surface area contributed by atoms with E-state index < -0.39 is 0 Å². The van der Waals surface area contributed by atoms with Gasteiger partial charge in [-0.1, -0.05) is 38.3 Å². The third-order valence-corrected chi connectivity index (χ3v) is 2.96. The summed E-state index contributed by atoms with van der Waals surface area (Å²) in [5.41, 5.74) is 8.63. The van der Waals surface area contributed by atoms with Gasteiger partial charge in [-0.25, -0.2) is 0 Å². The van der Waals surface area contributed by atoms with Gasteiger partial charge in [0.1, 0.15) is 0 Å². The van der Waals surface area contributed by atoms with Crippen LogP contribution in [0.3, 0.4) is 0 Å². The summed E-state index contributed by atoms with van der Waals surface area (Å²) in [6, 6.07) is 8.75. The van der Waals surface area contributed by atoms with Gasteiger partial charge in [-0.2, -0.15) is 0 Å². The van der Waals surface area contributed by atoms with E-state index >= 15 is 0 Å². The molecule has 1 aromatic carbocycles. The summed E-state index contributed by atoms with van der Waals surface area (Å²) in [5, 5.41) is 0. The fourth-order valence-corrected chi connectivity index (χ4v) is 1.80. The first-order valence-electron chi connectivity index (χ1n) is 6.18. The Morgan fingerprint density at radius 3 is 2.25 bits per heavy atom. The van der Waals surface area contributed by atoms with Gasteiger partial charge in [0.15, 0.2) is 0 Å². The molecule has 0 aliphatic rings. The van der Waals surface area contributed by atoms with Crippen molar-refractivity contribution in [3.63, 3.8) is 0 Å². The van der Waals surface area contributed by atoms with Crippen molar-refractivity contribution >= 4 is 5.69 Å². The molecular formula is C14H24N2. The lowest BCUT2D eigenvalue weighted by molar-refractivity contribution is 0.581. The number of benzene rings is 1. The number of anilines is 1. The molecule has 0 spiro atoms. The molecule has 0 aliphatic heterocycles. The Morgan fingerprint density at radius 2 is 1.75 bits per heavy atom. The van der Waals surface area contributed by atoms with Crippen LogP contribution in [0, 0.1) is 0 Å². The number of nitrogens with zero attached hydrogens (tertiary/aromatic N) is 1. The molecule has 16 heavy (non-hydrogen) atoms. The highest BCUT2D eigenvalue weighted by Crippen LogP contribution is 2.20. The van der Waals surface area contributed by atoms with E-state index in [9.17, 15) is 0 Å². The minimum atomic E-state index is 0.197. The van der Waals surface area contributed by atoms with E-state index in [1.54, 1.807) is 0 Å². The first kappa shape index (κ1) is 13.0. The normalized spacial score (nSPS) is 12.5. The molecule has 0 aliphatic carbocycles. The third-order valence-electron chi connectivity index (χ3n) is 2.96. The van der Waals surface area contributed by atoms with Crippen molar-refractivity contribution in [1.29, 1.82) is 0 Å². The Labute approximate surface area is 99.5 Å². The van der Waals surface area contributed by atoms with Crippen LogP contribution in [0.4, 0.5) is 5.69 Å². The number of hydrogen-bond donors (Lipinski definition) is 1. The van der Waals surface area contributed by atoms with Crippen LogP contribution in [-0.4, -0.2) is 14.1 Å².